The SMILES string of the molecule is CN(C(=O)COC(=O)CN1C(=O)N[C@@](C)(CCc2ccccc2)C1=O)c1ccccc1. The van der Waals surface area contributed by atoms with E-state index in [2.05, 4.69) is 5.32 Å². The summed E-state index contributed by atoms with van der Waals surface area (Å²) in [4.78, 5) is 51.7. The average Bonchev–Trinajstić information content (AvgIpc) is 3.00. The molecule has 0 saturated carbocycles. The molecule has 0 bridgehead atoms. The molecule has 31 heavy (non-hydrogen) atoms. The maximum absolute atomic E-state index is 12.8. The number of urea groups is 1. The van der Waals surface area contributed by atoms with Crippen molar-refractivity contribution < 1.29 is 23.9 Å². The number of hydrogen-bond acceptors (Lipinski definition) is 5. The van der Waals surface area contributed by atoms with Crippen molar-refractivity contribution in [2.75, 3.05) is 25.1 Å². The first kappa shape index (κ1) is 22.0. The second kappa shape index (κ2) is 9.42. The van der Waals surface area contributed by atoms with Gasteiger partial charge in [0.1, 0.15) is 12.1 Å². The van der Waals surface area contributed by atoms with E-state index in [4.69, 9.17) is 4.74 Å². The summed E-state index contributed by atoms with van der Waals surface area (Å²) in [6.45, 7) is 0.604. The molecule has 2 aromatic rings. The van der Waals surface area contributed by atoms with Gasteiger partial charge >= 0.3 is 12.0 Å². The molecule has 1 saturated heterocycles. The highest BCUT2D eigenvalue weighted by Crippen LogP contribution is 2.23. The largest absolute Gasteiger partial charge is 0.454 e. The molecule has 0 aromatic heterocycles. The van der Waals surface area contributed by atoms with Gasteiger partial charge in [0.15, 0.2) is 6.61 Å². The van der Waals surface area contributed by atoms with E-state index in [1.54, 1.807) is 38.2 Å². The monoisotopic (exact) mass is 423 g/mol. The van der Waals surface area contributed by atoms with Crippen LogP contribution in [0, 0.1) is 0 Å². The Labute approximate surface area is 180 Å². The topological polar surface area (TPSA) is 96.0 Å². The van der Waals surface area contributed by atoms with Crippen LogP contribution in [0.2, 0.25) is 0 Å². The van der Waals surface area contributed by atoms with Gasteiger partial charge in [0.05, 0.1) is 0 Å². The number of para-hydroxylation sites is 1. The fourth-order valence-electron chi connectivity index (χ4n) is 3.31. The lowest BCUT2D eigenvalue weighted by molar-refractivity contribution is -0.150. The fourth-order valence-corrected chi connectivity index (χ4v) is 3.31. The molecule has 0 radical (unpaired) electrons. The summed E-state index contributed by atoms with van der Waals surface area (Å²) in [5.41, 5.74) is 0.604. The number of imide groups is 1. The Morgan fingerprint density at radius 3 is 2.29 bits per heavy atom. The van der Waals surface area contributed by atoms with Crippen molar-refractivity contribution in [3.63, 3.8) is 0 Å². The number of rotatable bonds is 8. The van der Waals surface area contributed by atoms with Gasteiger partial charge in [-0.05, 0) is 37.5 Å². The minimum absolute atomic E-state index is 0.396. The van der Waals surface area contributed by atoms with E-state index in [0.717, 1.165) is 10.5 Å². The molecule has 1 atom stereocenters. The number of hydrogen-bond donors (Lipinski definition) is 1. The first-order valence-electron chi connectivity index (χ1n) is 9.95. The fraction of sp³-hybridized carbons (Fsp3) is 0.304. The lowest BCUT2D eigenvalue weighted by atomic mass is 9.93. The van der Waals surface area contributed by atoms with Crippen LogP contribution in [0.4, 0.5) is 10.5 Å². The van der Waals surface area contributed by atoms with Gasteiger partial charge in [-0.2, -0.15) is 0 Å². The number of nitrogens with zero attached hydrogens (tertiary/aromatic N) is 2. The number of ether oxygens (including phenoxy) is 1. The molecule has 162 valence electrons. The van der Waals surface area contributed by atoms with Gasteiger partial charge in [0.25, 0.3) is 11.8 Å². The molecule has 1 N–H and O–H groups in total. The summed E-state index contributed by atoms with van der Waals surface area (Å²) < 4.78 is 5.00. The Hall–Kier alpha value is -3.68. The summed E-state index contributed by atoms with van der Waals surface area (Å²) in [5, 5.41) is 2.66. The van der Waals surface area contributed by atoms with Gasteiger partial charge in [-0.1, -0.05) is 48.5 Å². The zero-order valence-electron chi connectivity index (χ0n) is 17.5. The Bertz CT molecular complexity index is 964. The maximum Gasteiger partial charge on any atom is 0.326 e. The molecule has 1 fully saturated rings. The van der Waals surface area contributed by atoms with Gasteiger partial charge in [-0.3, -0.25) is 19.3 Å². The number of esters is 1. The van der Waals surface area contributed by atoms with Crippen molar-refractivity contribution in [1.29, 1.82) is 0 Å². The quantitative estimate of drug-likeness (QED) is 0.518. The molecule has 0 spiro atoms. The van der Waals surface area contributed by atoms with Crippen LogP contribution in [0.15, 0.2) is 60.7 Å². The normalized spacial score (nSPS) is 17.9. The van der Waals surface area contributed by atoms with Crippen LogP contribution in [0.1, 0.15) is 18.9 Å². The van der Waals surface area contributed by atoms with E-state index < -0.39 is 42.5 Å². The molecule has 4 amide bonds. The number of likely N-dealkylation sites (N-methyl/N-ethyl adjacent to an activating group) is 1. The number of amides is 4. The zero-order valence-corrected chi connectivity index (χ0v) is 17.5. The van der Waals surface area contributed by atoms with Gasteiger partial charge in [0.2, 0.25) is 0 Å². The van der Waals surface area contributed by atoms with Crippen molar-refractivity contribution in [2.24, 2.45) is 0 Å². The maximum atomic E-state index is 12.8. The molecule has 0 aliphatic carbocycles. The number of benzene rings is 2. The summed E-state index contributed by atoms with van der Waals surface area (Å²) in [6.07, 6.45) is 0.995. The molecular weight excluding hydrogens is 398 g/mol. The van der Waals surface area contributed by atoms with Crippen LogP contribution in [-0.4, -0.2) is 54.5 Å². The average molecular weight is 423 g/mol. The Morgan fingerprint density at radius 2 is 1.65 bits per heavy atom. The number of nitrogens with one attached hydrogen (secondary N) is 1. The van der Waals surface area contributed by atoms with Crippen molar-refractivity contribution in [1.82, 2.24) is 10.2 Å². The van der Waals surface area contributed by atoms with Crippen LogP contribution < -0.4 is 10.2 Å². The van der Waals surface area contributed by atoms with E-state index in [1.165, 1.54) is 4.90 Å². The lowest BCUT2D eigenvalue weighted by Gasteiger charge is -2.21. The number of anilines is 1. The van der Waals surface area contributed by atoms with E-state index in [9.17, 15) is 19.2 Å². The van der Waals surface area contributed by atoms with Gasteiger partial charge < -0.3 is 15.0 Å². The summed E-state index contributed by atoms with van der Waals surface area (Å²) in [7, 11) is 1.57. The third kappa shape index (κ3) is 5.28. The smallest absolute Gasteiger partial charge is 0.326 e. The van der Waals surface area contributed by atoms with Gasteiger partial charge in [-0.15, -0.1) is 0 Å². The van der Waals surface area contributed by atoms with Crippen LogP contribution in [-0.2, 0) is 25.5 Å². The zero-order chi connectivity index (χ0) is 22.4. The molecule has 1 aliphatic heterocycles. The molecule has 8 nitrogen and oxygen atoms in total. The minimum Gasteiger partial charge on any atom is -0.454 e. The number of aryl methyl sites for hydroxylation is 1. The molecule has 3 rings (SSSR count). The minimum atomic E-state index is -1.10. The third-order valence-electron chi connectivity index (χ3n) is 5.26. The van der Waals surface area contributed by atoms with Crippen molar-refractivity contribution in [3.8, 4) is 0 Å². The first-order chi connectivity index (χ1) is 14.8. The second-order valence-electron chi connectivity index (χ2n) is 7.59. The highest BCUT2D eigenvalue weighted by molar-refractivity contribution is 6.08. The first-order valence-corrected chi connectivity index (χ1v) is 9.95. The predicted octanol–water partition coefficient (Wildman–Crippen LogP) is 2.14. The highest BCUT2D eigenvalue weighted by Gasteiger charge is 2.48. The van der Waals surface area contributed by atoms with Crippen LogP contribution >= 0.6 is 0 Å². The standard InChI is InChI=1S/C23H25N3O5/c1-23(14-13-17-9-5-3-6-10-17)21(29)26(22(30)24-23)15-20(28)31-16-19(27)25(2)18-11-7-4-8-12-18/h3-12H,13-16H2,1-2H3,(H,24,30)/t23-/m0/s1. The van der Waals surface area contributed by atoms with Gasteiger partial charge in [0, 0.05) is 12.7 Å². The highest BCUT2D eigenvalue weighted by atomic mass is 16.5. The molecular formula is C23H25N3O5. The summed E-state index contributed by atoms with van der Waals surface area (Å²) in [5.74, 6) is -1.74. The van der Waals surface area contributed by atoms with Crippen molar-refractivity contribution in [3.05, 3.63) is 66.2 Å². The molecule has 2 aromatic carbocycles. The lowest BCUT2D eigenvalue weighted by Crippen LogP contribution is -2.44. The van der Waals surface area contributed by atoms with E-state index in [1.807, 2.05) is 36.4 Å². The third-order valence-corrected chi connectivity index (χ3v) is 5.26. The summed E-state index contributed by atoms with van der Waals surface area (Å²) in [6, 6.07) is 17.9. The van der Waals surface area contributed by atoms with E-state index >= 15 is 0 Å². The van der Waals surface area contributed by atoms with Gasteiger partial charge in [-0.25, -0.2) is 4.79 Å². The van der Waals surface area contributed by atoms with Crippen molar-refractivity contribution >= 4 is 29.5 Å². The predicted molar refractivity (Wildman–Crippen MR) is 114 cm³/mol. The number of carbonyl (C=O) groups excluding carboxylic acids is 4. The Kier molecular flexibility index (Phi) is 6.69. The Morgan fingerprint density at radius 1 is 1.03 bits per heavy atom. The number of carbonyl (C=O) groups is 4. The summed E-state index contributed by atoms with van der Waals surface area (Å²) >= 11 is 0. The van der Waals surface area contributed by atoms with Crippen LogP contribution in [0.25, 0.3) is 0 Å². The molecule has 1 aliphatic rings. The second-order valence-corrected chi connectivity index (χ2v) is 7.59. The van der Waals surface area contributed by atoms with Crippen LogP contribution in [0.3, 0.4) is 0 Å². The van der Waals surface area contributed by atoms with Crippen molar-refractivity contribution in [2.45, 2.75) is 25.3 Å². The van der Waals surface area contributed by atoms with E-state index in [-0.39, 0.29) is 0 Å². The Balaban J connectivity index is 1.52. The molecule has 8 heteroatoms. The molecule has 1 heterocycles. The van der Waals surface area contributed by atoms with Crippen LogP contribution in [0.5, 0.6) is 0 Å². The van der Waals surface area contributed by atoms with E-state index in [0.29, 0.717) is 18.5 Å². The molecule has 0 unspecified atom stereocenters.